The number of carbonyl (C=O) groups is 2. The van der Waals surface area contributed by atoms with Crippen molar-refractivity contribution in [3.63, 3.8) is 0 Å². The van der Waals surface area contributed by atoms with Gasteiger partial charge in [-0.05, 0) is 24.1 Å². The lowest BCUT2D eigenvalue weighted by atomic mass is 9.89. The van der Waals surface area contributed by atoms with Crippen LogP contribution in [0.2, 0.25) is 0 Å². The highest BCUT2D eigenvalue weighted by molar-refractivity contribution is 5.89. The Bertz CT molecular complexity index is 840. The van der Waals surface area contributed by atoms with E-state index in [0.717, 1.165) is 18.7 Å². The van der Waals surface area contributed by atoms with Crippen molar-refractivity contribution in [2.45, 2.75) is 18.9 Å². The molecule has 2 saturated heterocycles. The second kappa shape index (κ2) is 8.78. The van der Waals surface area contributed by atoms with Gasteiger partial charge in [0.05, 0.1) is 5.92 Å². The second-order valence-corrected chi connectivity index (χ2v) is 8.40. The molecule has 2 aromatic rings. The highest BCUT2D eigenvalue weighted by Crippen LogP contribution is 2.31. The molecule has 4 rings (SSSR count). The van der Waals surface area contributed by atoms with Gasteiger partial charge >= 0.3 is 0 Å². The molecule has 2 amide bonds. The predicted molar refractivity (Wildman–Crippen MR) is 113 cm³/mol. The zero-order valence-corrected chi connectivity index (χ0v) is 17.0. The van der Waals surface area contributed by atoms with Crippen LogP contribution in [0.15, 0.2) is 60.7 Å². The molecule has 0 spiro atoms. The third-order valence-corrected chi connectivity index (χ3v) is 6.19. The number of hydrogen-bond acceptors (Lipinski definition) is 3. The summed E-state index contributed by atoms with van der Waals surface area (Å²) >= 11 is 0. The van der Waals surface area contributed by atoms with Crippen molar-refractivity contribution in [1.82, 2.24) is 15.1 Å². The molecule has 152 valence electrons. The van der Waals surface area contributed by atoms with Crippen LogP contribution < -0.4 is 5.32 Å². The zero-order chi connectivity index (χ0) is 20.2. The van der Waals surface area contributed by atoms with Crippen LogP contribution in [-0.4, -0.2) is 54.8 Å². The highest BCUT2D eigenvalue weighted by atomic mass is 16.2. The van der Waals surface area contributed by atoms with Gasteiger partial charge in [-0.1, -0.05) is 60.7 Å². The molecule has 2 aromatic carbocycles. The number of likely N-dealkylation sites (tertiary alicyclic amines) is 2. The van der Waals surface area contributed by atoms with E-state index in [2.05, 4.69) is 41.5 Å². The van der Waals surface area contributed by atoms with Crippen molar-refractivity contribution in [3.05, 3.63) is 71.8 Å². The van der Waals surface area contributed by atoms with Gasteiger partial charge in [-0.25, -0.2) is 0 Å². The lowest BCUT2D eigenvalue weighted by Crippen LogP contribution is -2.37. The van der Waals surface area contributed by atoms with Gasteiger partial charge in [0.15, 0.2) is 0 Å². The lowest BCUT2D eigenvalue weighted by molar-refractivity contribution is -0.129. The molecule has 29 heavy (non-hydrogen) atoms. The summed E-state index contributed by atoms with van der Waals surface area (Å²) in [6, 6.07) is 20.5. The van der Waals surface area contributed by atoms with Crippen LogP contribution in [0.5, 0.6) is 0 Å². The highest BCUT2D eigenvalue weighted by Gasteiger charge is 2.36. The summed E-state index contributed by atoms with van der Waals surface area (Å²) in [5.74, 6) is 0.651. The van der Waals surface area contributed by atoms with Gasteiger partial charge in [-0.2, -0.15) is 0 Å². The van der Waals surface area contributed by atoms with Crippen LogP contribution in [-0.2, 0) is 16.1 Å². The van der Waals surface area contributed by atoms with Crippen LogP contribution >= 0.6 is 0 Å². The smallest absolute Gasteiger partial charge is 0.225 e. The molecule has 2 aliphatic rings. The monoisotopic (exact) mass is 391 g/mol. The Morgan fingerprint density at radius 3 is 2.41 bits per heavy atom. The normalized spacial score (nSPS) is 24.8. The average Bonchev–Trinajstić information content (AvgIpc) is 3.30. The minimum absolute atomic E-state index is 0.00952. The van der Waals surface area contributed by atoms with Crippen molar-refractivity contribution in [1.29, 1.82) is 0 Å². The van der Waals surface area contributed by atoms with E-state index < -0.39 is 0 Å². The van der Waals surface area contributed by atoms with Gasteiger partial charge in [-0.15, -0.1) is 0 Å². The molecule has 1 unspecified atom stereocenters. The van der Waals surface area contributed by atoms with Crippen LogP contribution in [0.1, 0.15) is 23.5 Å². The predicted octanol–water partition coefficient (Wildman–Crippen LogP) is 2.50. The Hall–Kier alpha value is -2.66. The molecule has 5 nitrogen and oxygen atoms in total. The Morgan fingerprint density at radius 1 is 1.00 bits per heavy atom. The Labute approximate surface area is 172 Å². The van der Waals surface area contributed by atoms with Crippen LogP contribution in [0, 0.1) is 11.8 Å². The maximum absolute atomic E-state index is 12.8. The van der Waals surface area contributed by atoms with E-state index >= 15 is 0 Å². The topological polar surface area (TPSA) is 52.7 Å². The molecule has 0 bridgehead atoms. The van der Waals surface area contributed by atoms with Gasteiger partial charge in [0, 0.05) is 45.1 Å². The van der Waals surface area contributed by atoms with Crippen molar-refractivity contribution in [2.24, 2.45) is 11.8 Å². The van der Waals surface area contributed by atoms with Crippen molar-refractivity contribution in [2.75, 3.05) is 33.2 Å². The summed E-state index contributed by atoms with van der Waals surface area (Å²) in [7, 11) is 2.13. The van der Waals surface area contributed by atoms with E-state index in [9.17, 15) is 9.59 Å². The summed E-state index contributed by atoms with van der Waals surface area (Å²) in [5.41, 5.74) is 2.43. The second-order valence-electron chi connectivity index (χ2n) is 8.40. The number of likely N-dealkylation sites (N-methyl/N-ethyl adjacent to an activating group) is 1. The third-order valence-electron chi connectivity index (χ3n) is 6.19. The Balaban J connectivity index is 1.32. The number of hydrogen-bond donors (Lipinski definition) is 1. The zero-order valence-electron chi connectivity index (χ0n) is 17.0. The molecule has 0 aromatic heterocycles. The number of amides is 2. The fourth-order valence-electron chi connectivity index (χ4n) is 4.65. The first-order valence-electron chi connectivity index (χ1n) is 10.4. The Morgan fingerprint density at radius 2 is 1.69 bits per heavy atom. The number of carbonyl (C=O) groups excluding carboxylic acids is 2. The summed E-state index contributed by atoms with van der Waals surface area (Å²) in [4.78, 5) is 29.3. The van der Waals surface area contributed by atoms with Crippen molar-refractivity contribution in [3.8, 4) is 0 Å². The summed E-state index contributed by atoms with van der Waals surface area (Å²) in [6.07, 6.45) is 0.311. The summed E-state index contributed by atoms with van der Waals surface area (Å²) in [6.45, 7) is 3.73. The van der Waals surface area contributed by atoms with Gasteiger partial charge in [0.1, 0.15) is 0 Å². The van der Waals surface area contributed by atoms with Crippen molar-refractivity contribution >= 4 is 11.8 Å². The largest absolute Gasteiger partial charge is 0.355 e. The molecule has 5 heteroatoms. The summed E-state index contributed by atoms with van der Waals surface area (Å²) in [5, 5.41) is 3.15. The number of nitrogens with one attached hydrogen (secondary N) is 1. The van der Waals surface area contributed by atoms with E-state index in [0.29, 0.717) is 37.9 Å². The van der Waals surface area contributed by atoms with Gasteiger partial charge in [0.25, 0.3) is 0 Å². The molecule has 0 saturated carbocycles. The quantitative estimate of drug-likeness (QED) is 0.823. The van der Waals surface area contributed by atoms with Gasteiger partial charge in [-0.3, -0.25) is 9.59 Å². The molecule has 2 heterocycles. The number of rotatable bonds is 6. The molecule has 2 fully saturated rings. The van der Waals surface area contributed by atoms with Crippen LogP contribution in [0.3, 0.4) is 0 Å². The van der Waals surface area contributed by atoms with Gasteiger partial charge < -0.3 is 15.1 Å². The molecular weight excluding hydrogens is 362 g/mol. The molecular formula is C24H29N3O2. The van der Waals surface area contributed by atoms with E-state index in [-0.39, 0.29) is 17.7 Å². The SMILES string of the molecule is CN1C[C@@H](CNC(=O)C2CC(=O)N(Cc3ccccc3)C2)[C@H](c2ccccc2)C1. The van der Waals surface area contributed by atoms with E-state index in [4.69, 9.17) is 0 Å². The average molecular weight is 392 g/mol. The first-order valence-corrected chi connectivity index (χ1v) is 10.4. The number of nitrogens with zero attached hydrogens (tertiary/aromatic N) is 2. The van der Waals surface area contributed by atoms with E-state index in [1.165, 1.54) is 5.56 Å². The minimum atomic E-state index is -0.250. The first kappa shape index (κ1) is 19.6. The van der Waals surface area contributed by atoms with Gasteiger partial charge in [0.2, 0.25) is 11.8 Å². The van der Waals surface area contributed by atoms with E-state index in [1.807, 2.05) is 36.4 Å². The molecule has 0 aliphatic carbocycles. The third kappa shape index (κ3) is 4.67. The fourth-order valence-corrected chi connectivity index (χ4v) is 4.65. The molecule has 1 N–H and O–H groups in total. The van der Waals surface area contributed by atoms with Crippen LogP contribution in [0.25, 0.3) is 0 Å². The first-order chi connectivity index (χ1) is 14.1. The van der Waals surface area contributed by atoms with Crippen LogP contribution in [0.4, 0.5) is 0 Å². The minimum Gasteiger partial charge on any atom is -0.355 e. The maximum Gasteiger partial charge on any atom is 0.225 e. The molecule has 3 atom stereocenters. The van der Waals surface area contributed by atoms with Crippen molar-refractivity contribution < 1.29 is 9.59 Å². The fraction of sp³-hybridized carbons (Fsp3) is 0.417. The van der Waals surface area contributed by atoms with E-state index in [1.54, 1.807) is 4.90 Å². The lowest BCUT2D eigenvalue weighted by Gasteiger charge is -2.21. The number of benzene rings is 2. The molecule has 0 radical (unpaired) electrons. The molecule has 2 aliphatic heterocycles. The standard InChI is InChI=1S/C24H29N3O2/c1-26-15-21(22(17-26)19-10-6-3-7-11-19)13-25-24(29)20-12-23(28)27(16-20)14-18-8-4-2-5-9-18/h2-11,20-22H,12-17H2,1H3,(H,25,29)/t20?,21-,22+/m1/s1. The Kier molecular flexibility index (Phi) is 5.95. The summed E-state index contributed by atoms with van der Waals surface area (Å²) < 4.78 is 0. The maximum atomic E-state index is 12.8.